The molecule has 0 radical (unpaired) electrons. The summed E-state index contributed by atoms with van der Waals surface area (Å²) in [5, 5.41) is 12.8. The molecule has 1 atom stereocenters. The third kappa shape index (κ3) is 7.93. The van der Waals surface area contributed by atoms with E-state index in [1.54, 1.807) is 9.80 Å². The van der Waals surface area contributed by atoms with Crippen LogP contribution in [0.25, 0.3) is 11.3 Å². The fourth-order valence-corrected chi connectivity index (χ4v) is 5.34. The van der Waals surface area contributed by atoms with Crippen molar-refractivity contribution in [3.8, 4) is 17.0 Å². The van der Waals surface area contributed by atoms with Crippen LogP contribution in [-0.2, 0) is 11.8 Å². The molecule has 1 aromatic heterocycles. The van der Waals surface area contributed by atoms with Gasteiger partial charge in [-0.25, -0.2) is 13.8 Å². The number of hydrogen-bond acceptors (Lipinski definition) is 6. The molecule has 45 heavy (non-hydrogen) atoms. The summed E-state index contributed by atoms with van der Waals surface area (Å²) in [6, 6.07) is 6.66. The number of aliphatic hydroxyl groups excluding tert-OH is 1. The molecule has 11 nitrogen and oxygen atoms in total. The number of aliphatic hydroxyl groups is 1. The molecule has 1 aliphatic rings. The number of quaternary nitrogens is 1. The maximum atomic E-state index is 14.6. The number of carbonyl (C=O) groups excluding carboxylic acids is 3. The number of amides is 3. The summed E-state index contributed by atoms with van der Waals surface area (Å²) in [5.41, 5.74) is 0.376. The molecule has 0 unspecified atom stereocenters. The lowest BCUT2D eigenvalue weighted by atomic mass is 10.1. The number of aromatic nitrogens is 2. The number of piperazine rings is 1. The van der Waals surface area contributed by atoms with Gasteiger partial charge in [0.25, 0.3) is 11.8 Å². The van der Waals surface area contributed by atoms with Gasteiger partial charge in [-0.05, 0) is 36.8 Å². The molecule has 2 heterocycles. The van der Waals surface area contributed by atoms with Gasteiger partial charge in [-0.15, -0.1) is 0 Å². The van der Waals surface area contributed by atoms with Crippen LogP contribution in [0.5, 0.6) is 5.75 Å². The van der Waals surface area contributed by atoms with Crippen LogP contribution in [0.15, 0.2) is 36.5 Å². The van der Waals surface area contributed by atoms with Gasteiger partial charge in [-0.2, -0.15) is 4.39 Å². The normalized spacial score (nSPS) is 14.1. The zero-order chi connectivity index (χ0) is 32.8. The summed E-state index contributed by atoms with van der Waals surface area (Å²) in [5.74, 6) is -4.42. The Bertz CT molecular complexity index is 1560. The van der Waals surface area contributed by atoms with E-state index in [9.17, 15) is 32.7 Å². The summed E-state index contributed by atoms with van der Waals surface area (Å²) >= 11 is 6.42. The minimum Gasteiger partial charge on any atom is -0.460 e. The quantitative estimate of drug-likeness (QED) is 0.292. The maximum absolute atomic E-state index is 14.6. The number of ether oxygens (including phenoxy) is 1. The van der Waals surface area contributed by atoms with E-state index in [0.29, 0.717) is 39.1 Å². The van der Waals surface area contributed by atoms with E-state index in [1.165, 1.54) is 42.1 Å². The molecule has 3 N–H and O–H groups in total. The number of rotatable bonds is 11. The van der Waals surface area contributed by atoms with E-state index in [0.717, 1.165) is 11.0 Å². The van der Waals surface area contributed by atoms with Crippen LogP contribution >= 0.6 is 11.6 Å². The van der Waals surface area contributed by atoms with Gasteiger partial charge in [0.05, 0.1) is 36.6 Å². The van der Waals surface area contributed by atoms with Crippen molar-refractivity contribution >= 4 is 35.0 Å². The molecular formula is C30H35ClF3N6O5+. The van der Waals surface area contributed by atoms with Gasteiger partial charge < -0.3 is 34.4 Å². The van der Waals surface area contributed by atoms with Gasteiger partial charge in [0.1, 0.15) is 12.6 Å². The maximum Gasteiger partial charge on any atom is 0.291 e. The lowest BCUT2D eigenvalue weighted by Gasteiger charge is -2.35. The highest BCUT2D eigenvalue weighted by Crippen LogP contribution is 2.30. The van der Waals surface area contributed by atoms with Gasteiger partial charge in [-0.3, -0.25) is 14.4 Å². The molecule has 1 fully saturated rings. The summed E-state index contributed by atoms with van der Waals surface area (Å²) in [6.45, 7) is 0.604. The van der Waals surface area contributed by atoms with E-state index in [4.69, 9.17) is 11.6 Å². The third-order valence-corrected chi connectivity index (χ3v) is 7.75. The summed E-state index contributed by atoms with van der Waals surface area (Å²) < 4.78 is 47.0. The molecule has 4 rings (SSSR count). The number of nitrogens with zero attached hydrogens (tertiary/aromatic N) is 4. The summed E-state index contributed by atoms with van der Waals surface area (Å²) in [4.78, 5) is 47.1. The van der Waals surface area contributed by atoms with Crippen molar-refractivity contribution in [1.82, 2.24) is 19.4 Å². The molecule has 0 aliphatic carbocycles. The van der Waals surface area contributed by atoms with E-state index in [1.807, 2.05) is 14.1 Å². The van der Waals surface area contributed by atoms with Gasteiger partial charge in [0.15, 0.2) is 17.4 Å². The second kappa shape index (κ2) is 14.8. The van der Waals surface area contributed by atoms with Crippen LogP contribution in [0.4, 0.5) is 18.9 Å². The molecule has 1 saturated heterocycles. The Morgan fingerprint density at radius 3 is 2.42 bits per heavy atom. The van der Waals surface area contributed by atoms with Crippen LogP contribution in [0.2, 0.25) is 5.02 Å². The number of alkyl halides is 1. The minimum atomic E-state index is -1.37. The molecule has 2 aromatic carbocycles. The molecule has 0 spiro atoms. The Balaban J connectivity index is 1.36. The third-order valence-electron chi connectivity index (χ3n) is 7.44. The van der Waals surface area contributed by atoms with E-state index in [-0.39, 0.29) is 51.6 Å². The number of halogens is 4. The van der Waals surface area contributed by atoms with Crippen molar-refractivity contribution < 1.29 is 42.3 Å². The van der Waals surface area contributed by atoms with Crippen molar-refractivity contribution in [3.63, 3.8) is 0 Å². The Hall–Kier alpha value is -4.14. The van der Waals surface area contributed by atoms with Crippen LogP contribution in [0.3, 0.4) is 0 Å². The highest BCUT2D eigenvalue weighted by Gasteiger charge is 2.27. The van der Waals surface area contributed by atoms with Crippen molar-refractivity contribution in [3.05, 3.63) is 64.6 Å². The zero-order valence-corrected chi connectivity index (χ0v) is 25.8. The molecule has 242 valence electrons. The highest BCUT2D eigenvalue weighted by molar-refractivity contribution is 6.34. The van der Waals surface area contributed by atoms with Crippen molar-refractivity contribution in [1.29, 1.82) is 0 Å². The summed E-state index contributed by atoms with van der Waals surface area (Å²) in [7, 11) is 5.31. The Labute approximate surface area is 263 Å². The molecule has 0 bridgehead atoms. The van der Waals surface area contributed by atoms with Crippen LogP contribution in [-0.4, -0.2) is 102 Å². The minimum absolute atomic E-state index is 0.0637. The Morgan fingerprint density at radius 2 is 1.78 bits per heavy atom. The molecular weight excluding hydrogens is 617 g/mol. The van der Waals surface area contributed by atoms with E-state index < -0.39 is 36.3 Å². The first-order valence-electron chi connectivity index (χ1n) is 14.2. The number of anilines is 1. The molecule has 1 aliphatic heterocycles. The highest BCUT2D eigenvalue weighted by atomic mass is 35.5. The topological polar surface area (TPSA) is 121 Å². The zero-order valence-electron chi connectivity index (χ0n) is 25.1. The van der Waals surface area contributed by atoms with Gasteiger partial charge in [-0.1, -0.05) is 11.6 Å². The second-order valence-corrected chi connectivity index (χ2v) is 11.4. The molecule has 3 amide bonds. The summed E-state index contributed by atoms with van der Waals surface area (Å²) in [6.07, 6.45) is 1.26. The predicted molar refractivity (Wildman–Crippen MR) is 160 cm³/mol. The van der Waals surface area contributed by atoms with Crippen molar-refractivity contribution in [2.75, 3.05) is 59.0 Å². The first-order chi connectivity index (χ1) is 21.4. The lowest BCUT2D eigenvalue weighted by molar-refractivity contribution is -0.861. The first-order valence-corrected chi connectivity index (χ1v) is 14.6. The van der Waals surface area contributed by atoms with E-state index in [2.05, 4.69) is 15.0 Å². The number of nitrogens with one attached hydrogen (secondary N) is 2. The van der Waals surface area contributed by atoms with Crippen LogP contribution < -0.4 is 15.0 Å². The number of imidazole rings is 1. The largest absolute Gasteiger partial charge is 0.460 e. The van der Waals surface area contributed by atoms with Crippen LogP contribution in [0.1, 0.15) is 33.8 Å². The smallest absolute Gasteiger partial charge is 0.291 e. The Kier molecular flexibility index (Phi) is 11.1. The van der Waals surface area contributed by atoms with Gasteiger partial charge >= 0.3 is 0 Å². The number of likely N-dealkylation sites (N-methyl/N-ethyl adjacent to an activating group) is 1. The molecule has 0 saturated carbocycles. The number of benzene rings is 2. The lowest BCUT2D eigenvalue weighted by Crippen LogP contribution is -3.07. The molecule has 15 heteroatoms. The first kappa shape index (κ1) is 33.7. The molecule has 3 aromatic rings. The number of carbonyl (C=O) groups is 3. The van der Waals surface area contributed by atoms with Gasteiger partial charge in [0, 0.05) is 50.9 Å². The van der Waals surface area contributed by atoms with E-state index >= 15 is 0 Å². The standard InChI is InChI=1S/C30H34ClF3N6O5/c1-37(2)16-19(41)5-9-25(42)39-10-12-40(13-11-39)30(44)20-6-4-18(14-22(20)31)36-29(43)28-35-15-23(38(28)3)21-7-8-24(45-17-32)27(34)26(21)33/h4,6-8,14-15,19,41H,5,9-13,16-17H2,1-3H3,(H,36,43)/p+1/t19-/m1/s1. The fourth-order valence-electron chi connectivity index (χ4n) is 5.07. The fraction of sp³-hybridized carbons (Fsp3) is 0.400. The number of hydrogen-bond donors (Lipinski definition) is 3. The second-order valence-electron chi connectivity index (χ2n) is 10.9. The van der Waals surface area contributed by atoms with Crippen molar-refractivity contribution in [2.24, 2.45) is 7.05 Å². The van der Waals surface area contributed by atoms with Crippen LogP contribution in [0, 0.1) is 11.6 Å². The monoisotopic (exact) mass is 651 g/mol. The predicted octanol–water partition coefficient (Wildman–Crippen LogP) is 2.15. The average Bonchev–Trinajstić information content (AvgIpc) is 3.39. The van der Waals surface area contributed by atoms with Crippen molar-refractivity contribution in [2.45, 2.75) is 18.9 Å². The SMILES string of the molecule is Cn1c(-c2ccc(OCF)c(F)c2F)cnc1C(=O)Nc1ccc(C(=O)N2CCN(C(=O)CC[C@@H](O)C[NH+](C)C)CC2)c(Cl)c1. The Morgan fingerprint density at radius 1 is 1.09 bits per heavy atom. The van der Waals surface area contributed by atoms with Gasteiger partial charge in [0.2, 0.25) is 18.6 Å². The average molecular weight is 652 g/mol.